The van der Waals surface area contributed by atoms with Crippen molar-refractivity contribution in [3.63, 3.8) is 0 Å². The predicted octanol–water partition coefficient (Wildman–Crippen LogP) is 0.826. The number of piperazine rings is 1. The summed E-state index contributed by atoms with van der Waals surface area (Å²) in [6, 6.07) is 1.60. The Balaban J connectivity index is 1.42. The van der Waals surface area contributed by atoms with Crippen LogP contribution < -0.4 is 0 Å². The second-order valence-electron chi connectivity index (χ2n) is 6.53. The summed E-state index contributed by atoms with van der Waals surface area (Å²) in [6.45, 7) is 3.59. The topological polar surface area (TPSA) is 91.4 Å². The van der Waals surface area contributed by atoms with Gasteiger partial charge in [0.2, 0.25) is 12.1 Å². The lowest BCUT2D eigenvalue weighted by Crippen LogP contribution is -2.51. The van der Waals surface area contributed by atoms with E-state index in [1.165, 1.54) is 0 Å². The van der Waals surface area contributed by atoms with Gasteiger partial charge in [0.15, 0.2) is 5.69 Å². The number of aliphatic imine (C=N–C) groups is 2. The monoisotopic (exact) mass is 347 g/mol. The third-order valence-corrected chi connectivity index (χ3v) is 4.61. The molecule has 1 aromatic heterocycles. The fraction of sp³-hybridized carbons (Fsp3) is 0.562. The Kier molecular flexibility index (Phi) is 3.85. The molecule has 0 spiro atoms. The number of hydrogen-bond donors (Lipinski definition) is 0. The number of carbonyl (C=O) groups excluding carboxylic acids is 2. The van der Waals surface area contributed by atoms with Gasteiger partial charge in [-0.3, -0.25) is 9.59 Å². The largest absolute Gasteiger partial charge is 0.361 e. The summed E-state index contributed by atoms with van der Waals surface area (Å²) in [5.74, 6) is -0.0414. The maximum atomic E-state index is 14.0. The fourth-order valence-corrected chi connectivity index (χ4v) is 3.04. The molecule has 8 nitrogen and oxygen atoms in total. The molecule has 0 aromatic carbocycles. The highest BCUT2D eigenvalue weighted by atomic mass is 19.1. The molecule has 2 aliphatic heterocycles. The molecule has 9 heteroatoms. The van der Waals surface area contributed by atoms with Gasteiger partial charge in [0.05, 0.1) is 5.71 Å². The molecule has 1 aliphatic carbocycles. The zero-order valence-electron chi connectivity index (χ0n) is 13.8. The molecule has 3 aliphatic rings. The molecule has 1 aromatic rings. The maximum absolute atomic E-state index is 14.0. The van der Waals surface area contributed by atoms with Gasteiger partial charge in [0, 0.05) is 38.2 Å². The van der Waals surface area contributed by atoms with E-state index in [0.29, 0.717) is 37.7 Å². The standard InChI is InChI=1S/C16H18FN5O3/c1-9-8-11(20-25-9)15(24)21-4-6-22(7-5-21)16-18-13(10-2-3-10)12(17)14(23)19-16/h8,10,12H,2-7H2,1H3. The number of aromatic nitrogens is 1. The highest BCUT2D eigenvalue weighted by molar-refractivity contribution is 6.18. The third-order valence-electron chi connectivity index (χ3n) is 4.61. The van der Waals surface area contributed by atoms with Crippen LogP contribution in [-0.4, -0.2) is 70.8 Å². The van der Waals surface area contributed by atoms with E-state index in [2.05, 4.69) is 15.1 Å². The lowest BCUT2D eigenvalue weighted by molar-refractivity contribution is -0.120. The zero-order valence-corrected chi connectivity index (χ0v) is 13.8. The van der Waals surface area contributed by atoms with Gasteiger partial charge >= 0.3 is 0 Å². The van der Waals surface area contributed by atoms with E-state index in [4.69, 9.17) is 4.52 Å². The van der Waals surface area contributed by atoms with Crippen LogP contribution in [0, 0.1) is 12.8 Å². The molecular weight excluding hydrogens is 329 g/mol. The molecule has 3 heterocycles. The van der Waals surface area contributed by atoms with E-state index in [-0.39, 0.29) is 23.5 Å². The Bertz CT molecular complexity index is 774. The third kappa shape index (κ3) is 3.06. The molecule has 2 fully saturated rings. The van der Waals surface area contributed by atoms with Gasteiger partial charge in [-0.25, -0.2) is 9.38 Å². The van der Waals surface area contributed by atoms with Crippen molar-refractivity contribution >= 4 is 23.5 Å². The average Bonchev–Trinajstić information content (AvgIpc) is 3.37. The van der Waals surface area contributed by atoms with Gasteiger partial charge in [-0.05, 0) is 19.8 Å². The summed E-state index contributed by atoms with van der Waals surface area (Å²) in [5.41, 5.74) is 0.594. The maximum Gasteiger partial charge on any atom is 0.289 e. The predicted molar refractivity (Wildman–Crippen MR) is 86.2 cm³/mol. The highest BCUT2D eigenvalue weighted by Crippen LogP contribution is 2.34. The Morgan fingerprint density at radius 3 is 2.56 bits per heavy atom. The van der Waals surface area contributed by atoms with Crippen molar-refractivity contribution in [3.05, 3.63) is 17.5 Å². The minimum Gasteiger partial charge on any atom is -0.361 e. The van der Waals surface area contributed by atoms with E-state index in [1.54, 1.807) is 17.9 Å². The molecule has 0 N–H and O–H groups in total. The lowest BCUT2D eigenvalue weighted by Gasteiger charge is -2.35. The van der Waals surface area contributed by atoms with Crippen LogP contribution in [0.25, 0.3) is 0 Å². The molecule has 0 bridgehead atoms. The van der Waals surface area contributed by atoms with Crippen molar-refractivity contribution in [3.8, 4) is 0 Å². The van der Waals surface area contributed by atoms with Crippen molar-refractivity contribution in [2.75, 3.05) is 26.2 Å². The minimum absolute atomic E-state index is 0.0720. The first kappa shape index (κ1) is 15.9. The molecular formula is C16H18FN5O3. The van der Waals surface area contributed by atoms with E-state index < -0.39 is 12.1 Å². The van der Waals surface area contributed by atoms with Crippen LogP contribution in [-0.2, 0) is 4.79 Å². The number of guanidine groups is 1. The summed E-state index contributed by atoms with van der Waals surface area (Å²) in [6.07, 6.45) is 0.0489. The molecule has 1 saturated heterocycles. The Morgan fingerprint density at radius 1 is 1.24 bits per heavy atom. The Morgan fingerprint density at radius 2 is 1.96 bits per heavy atom. The number of carbonyl (C=O) groups is 2. The number of nitrogens with zero attached hydrogens (tertiary/aromatic N) is 5. The lowest BCUT2D eigenvalue weighted by atomic mass is 10.1. The summed E-state index contributed by atoms with van der Waals surface area (Å²) in [7, 11) is 0. The van der Waals surface area contributed by atoms with Crippen LogP contribution in [0.4, 0.5) is 4.39 Å². The number of hydrogen-bond acceptors (Lipinski definition) is 6. The van der Waals surface area contributed by atoms with Gasteiger partial charge in [-0.2, -0.15) is 4.99 Å². The van der Waals surface area contributed by atoms with E-state index in [1.807, 2.05) is 4.90 Å². The molecule has 1 saturated carbocycles. The molecule has 1 atom stereocenters. The first-order chi connectivity index (χ1) is 12.0. The van der Waals surface area contributed by atoms with Crippen molar-refractivity contribution in [1.29, 1.82) is 0 Å². The van der Waals surface area contributed by atoms with Crippen LogP contribution >= 0.6 is 0 Å². The summed E-state index contributed by atoms with van der Waals surface area (Å²) >= 11 is 0. The van der Waals surface area contributed by atoms with Crippen molar-refractivity contribution in [2.24, 2.45) is 15.9 Å². The van der Waals surface area contributed by atoms with Crippen LogP contribution in [0.5, 0.6) is 0 Å². The first-order valence-corrected chi connectivity index (χ1v) is 8.35. The number of alkyl halides is 1. The van der Waals surface area contributed by atoms with Crippen LogP contribution in [0.2, 0.25) is 0 Å². The van der Waals surface area contributed by atoms with Crippen LogP contribution in [0.1, 0.15) is 29.1 Å². The number of halogens is 1. The molecule has 4 rings (SSSR count). The van der Waals surface area contributed by atoms with Gasteiger partial charge in [0.25, 0.3) is 11.8 Å². The summed E-state index contributed by atoms with van der Waals surface area (Å²) in [5, 5.41) is 3.74. The van der Waals surface area contributed by atoms with Gasteiger partial charge in [0.1, 0.15) is 5.76 Å². The van der Waals surface area contributed by atoms with E-state index in [0.717, 1.165) is 12.8 Å². The van der Waals surface area contributed by atoms with Crippen molar-refractivity contribution in [2.45, 2.75) is 25.9 Å². The smallest absolute Gasteiger partial charge is 0.289 e. The van der Waals surface area contributed by atoms with Crippen molar-refractivity contribution in [1.82, 2.24) is 15.0 Å². The number of amides is 2. The first-order valence-electron chi connectivity index (χ1n) is 8.35. The molecule has 132 valence electrons. The molecule has 2 amide bonds. The Labute approximate surface area is 143 Å². The van der Waals surface area contributed by atoms with E-state index >= 15 is 0 Å². The van der Waals surface area contributed by atoms with Gasteiger partial charge in [-0.15, -0.1) is 0 Å². The van der Waals surface area contributed by atoms with Gasteiger partial charge < -0.3 is 14.3 Å². The second kappa shape index (κ2) is 6.05. The average molecular weight is 347 g/mol. The van der Waals surface area contributed by atoms with Crippen molar-refractivity contribution < 1.29 is 18.5 Å². The second-order valence-corrected chi connectivity index (χ2v) is 6.53. The molecule has 0 radical (unpaired) electrons. The Hall–Kier alpha value is -2.58. The summed E-state index contributed by atoms with van der Waals surface area (Å²) in [4.78, 5) is 35.7. The SMILES string of the molecule is Cc1cc(C(=O)N2CCN(C3=NC(=O)C(F)C(C4CC4)=N3)CC2)no1. The van der Waals surface area contributed by atoms with Crippen LogP contribution in [0.3, 0.4) is 0 Å². The number of aryl methyl sites for hydroxylation is 1. The minimum atomic E-state index is -1.70. The zero-order chi connectivity index (χ0) is 17.6. The van der Waals surface area contributed by atoms with E-state index in [9.17, 15) is 14.0 Å². The quantitative estimate of drug-likeness (QED) is 0.790. The van der Waals surface area contributed by atoms with Gasteiger partial charge in [-0.1, -0.05) is 5.16 Å². The summed E-state index contributed by atoms with van der Waals surface area (Å²) < 4.78 is 18.9. The van der Waals surface area contributed by atoms with Crippen LogP contribution in [0.15, 0.2) is 20.6 Å². The molecule has 1 unspecified atom stereocenters. The molecule has 25 heavy (non-hydrogen) atoms. The fourth-order valence-electron chi connectivity index (χ4n) is 3.04. The normalized spacial score (nSPS) is 24.2. The number of rotatable bonds is 2. The highest BCUT2D eigenvalue weighted by Gasteiger charge is 2.40.